The van der Waals surface area contributed by atoms with Gasteiger partial charge in [-0.1, -0.05) is 20.8 Å². The summed E-state index contributed by atoms with van der Waals surface area (Å²) in [4.78, 5) is 8.41. The third kappa shape index (κ3) is 3.52. The number of thioether (sulfide) groups is 1. The van der Waals surface area contributed by atoms with Gasteiger partial charge in [0.15, 0.2) is 0 Å². The second kappa shape index (κ2) is 5.88. The van der Waals surface area contributed by atoms with Crippen LogP contribution in [0.1, 0.15) is 40.0 Å². The normalized spacial score (nSPS) is 16.4. The quantitative estimate of drug-likeness (QED) is 0.716. The summed E-state index contributed by atoms with van der Waals surface area (Å²) in [5.74, 6) is 0. The molecule has 0 atom stereocenters. The summed E-state index contributed by atoms with van der Waals surface area (Å²) in [5.41, 5.74) is 2.47. The van der Waals surface area contributed by atoms with Gasteiger partial charge in [0.2, 0.25) is 0 Å². The standard InChI is InChI=1S/C18H24N2S/c1-18(2,3)21-14-7-8-15-16(13-14)19-10-9-17(15)20-11-5-4-6-12-20/h7-10,13H,4-6,11-12H2,1-3H3. The van der Waals surface area contributed by atoms with Crippen LogP contribution < -0.4 is 4.90 Å². The Morgan fingerprint density at radius 3 is 2.52 bits per heavy atom. The van der Waals surface area contributed by atoms with E-state index in [0.717, 1.165) is 5.52 Å². The Labute approximate surface area is 131 Å². The molecule has 1 aromatic heterocycles. The van der Waals surface area contributed by atoms with Crippen molar-refractivity contribution in [3.63, 3.8) is 0 Å². The van der Waals surface area contributed by atoms with E-state index < -0.39 is 0 Å². The van der Waals surface area contributed by atoms with Crippen molar-refractivity contribution in [1.82, 2.24) is 4.98 Å². The monoisotopic (exact) mass is 300 g/mol. The van der Waals surface area contributed by atoms with Gasteiger partial charge in [-0.25, -0.2) is 0 Å². The zero-order valence-corrected chi connectivity index (χ0v) is 14.0. The van der Waals surface area contributed by atoms with E-state index in [0.29, 0.717) is 0 Å². The van der Waals surface area contributed by atoms with Crippen molar-refractivity contribution in [1.29, 1.82) is 0 Å². The maximum absolute atomic E-state index is 4.59. The number of anilines is 1. The van der Waals surface area contributed by atoms with Crippen molar-refractivity contribution in [2.45, 2.75) is 49.7 Å². The van der Waals surface area contributed by atoms with Crippen LogP contribution in [0.3, 0.4) is 0 Å². The number of hydrogen-bond acceptors (Lipinski definition) is 3. The molecule has 3 rings (SSSR count). The molecule has 1 aromatic carbocycles. The second-order valence-corrected chi connectivity index (χ2v) is 8.67. The minimum atomic E-state index is 0.234. The smallest absolute Gasteiger partial charge is 0.0733 e. The molecule has 0 aliphatic carbocycles. The largest absolute Gasteiger partial charge is 0.371 e. The van der Waals surface area contributed by atoms with Crippen LogP contribution in [-0.2, 0) is 0 Å². The molecule has 0 spiro atoms. The van der Waals surface area contributed by atoms with Crippen molar-refractivity contribution >= 4 is 28.4 Å². The highest BCUT2D eigenvalue weighted by Gasteiger charge is 2.16. The second-order valence-electron chi connectivity index (χ2n) is 6.77. The molecule has 2 heterocycles. The van der Waals surface area contributed by atoms with Gasteiger partial charge in [-0.05, 0) is 43.5 Å². The van der Waals surface area contributed by atoms with E-state index in [-0.39, 0.29) is 4.75 Å². The molecule has 0 saturated carbocycles. The maximum atomic E-state index is 4.59. The number of hydrogen-bond donors (Lipinski definition) is 0. The summed E-state index contributed by atoms with van der Waals surface area (Å²) in [6.07, 6.45) is 5.94. The molecule has 0 unspecified atom stereocenters. The first kappa shape index (κ1) is 14.7. The van der Waals surface area contributed by atoms with Crippen LogP contribution in [-0.4, -0.2) is 22.8 Å². The summed E-state index contributed by atoms with van der Waals surface area (Å²) in [7, 11) is 0. The lowest BCUT2D eigenvalue weighted by Gasteiger charge is -2.29. The lowest BCUT2D eigenvalue weighted by molar-refractivity contribution is 0.579. The van der Waals surface area contributed by atoms with Gasteiger partial charge in [0.05, 0.1) is 5.52 Å². The Hall–Kier alpha value is -1.22. The van der Waals surface area contributed by atoms with E-state index in [1.54, 1.807) is 0 Å². The van der Waals surface area contributed by atoms with Crippen LogP contribution >= 0.6 is 11.8 Å². The highest BCUT2D eigenvalue weighted by molar-refractivity contribution is 8.00. The van der Waals surface area contributed by atoms with Gasteiger partial charge in [-0.2, -0.15) is 0 Å². The minimum absolute atomic E-state index is 0.234. The van der Waals surface area contributed by atoms with E-state index in [1.807, 2.05) is 18.0 Å². The molecule has 0 bridgehead atoms. The molecule has 0 amide bonds. The Kier molecular flexibility index (Phi) is 4.12. The zero-order chi connectivity index (χ0) is 14.9. The lowest BCUT2D eigenvalue weighted by atomic mass is 10.1. The van der Waals surface area contributed by atoms with Crippen LogP contribution in [0, 0.1) is 0 Å². The molecule has 21 heavy (non-hydrogen) atoms. The maximum Gasteiger partial charge on any atom is 0.0733 e. The fraction of sp³-hybridized carbons (Fsp3) is 0.500. The third-order valence-electron chi connectivity index (χ3n) is 3.81. The number of fused-ring (bicyclic) bond motifs is 1. The molecule has 0 radical (unpaired) electrons. The minimum Gasteiger partial charge on any atom is -0.371 e. The van der Waals surface area contributed by atoms with Gasteiger partial charge < -0.3 is 4.90 Å². The van der Waals surface area contributed by atoms with Crippen LogP contribution in [0.5, 0.6) is 0 Å². The van der Waals surface area contributed by atoms with Gasteiger partial charge in [0.1, 0.15) is 0 Å². The van der Waals surface area contributed by atoms with Crippen LogP contribution in [0.25, 0.3) is 10.9 Å². The van der Waals surface area contributed by atoms with Gasteiger partial charge in [0, 0.05) is 40.0 Å². The van der Waals surface area contributed by atoms with Crippen LogP contribution in [0.4, 0.5) is 5.69 Å². The first-order chi connectivity index (χ1) is 10.0. The number of piperidine rings is 1. The highest BCUT2D eigenvalue weighted by atomic mass is 32.2. The fourth-order valence-corrected chi connectivity index (χ4v) is 3.95. The molecule has 1 aliphatic heterocycles. The third-order valence-corrected chi connectivity index (χ3v) is 4.91. The molecule has 1 fully saturated rings. The number of rotatable bonds is 2. The van der Waals surface area contributed by atoms with Gasteiger partial charge in [-0.15, -0.1) is 11.8 Å². The first-order valence-corrected chi connectivity index (χ1v) is 8.67. The van der Waals surface area contributed by atoms with Gasteiger partial charge >= 0.3 is 0 Å². The molecule has 112 valence electrons. The molecular weight excluding hydrogens is 276 g/mol. The van der Waals surface area contributed by atoms with Crippen LogP contribution in [0.2, 0.25) is 0 Å². The van der Waals surface area contributed by atoms with E-state index in [2.05, 4.69) is 54.9 Å². The Morgan fingerprint density at radius 1 is 1.05 bits per heavy atom. The first-order valence-electron chi connectivity index (χ1n) is 7.86. The molecule has 1 aliphatic rings. The predicted molar refractivity (Wildman–Crippen MR) is 93.4 cm³/mol. The van der Waals surface area contributed by atoms with Gasteiger partial charge in [0.25, 0.3) is 0 Å². The van der Waals surface area contributed by atoms with Crippen molar-refractivity contribution in [3.05, 3.63) is 30.5 Å². The fourth-order valence-electron chi connectivity index (χ4n) is 2.94. The lowest BCUT2D eigenvalue weighted by Crippen LogP contribution is -2.29. The highest BCUT2D eigenvalue weighted by Crippen LogP contribution is 2.35. The van der Waals surface area contributed by atoms with Crippen molar-refractivity contribution < 1.29 is 0 Å². The van der Waals surface area contributed by atoms with Gasteiger partial charge in [-0.3, -0.25) is 4.98 Å². The zero-order valence-electron chi connectivity index (χ0n) is 13.2. The summed E-state index contributed by atoms with van der Waals surface area (Å²) >= 11 is 1.90. The number of pyridine rings is 1. The number of benzene rings is 1. The predicted octanol–water partition coefficient (Wildman–Crippen LogP) is 5.12. The molecular formula is C18H24N2S. The number of aromatic nitrogens is 1. The van der Waals surface area contributed by atoms with Crippen LogP contribution in [0.15, 0.2) is 35.4 Å². The molecule has 3 heteroatoms. The molecule has 1 saturated heterocycles. The summed E-state index contributed by atoms with van der Waals surface area (Å²) in [5, 5.41) is 1.29. The topological polar surface area (TPSA) is 16.1 Å². The van der Waals surface area contributed by atoms with E-state index in [1.165, 1.54) is 48.3 Å². The number of nitrogens with zero attached hydrogens (tertiary/aromatic N) is 2. The van der Waals surface area contributed by atoms with E-state index in [4.69, 9.17) is 0 Å². The molecule has 2 aromatic rings. The van der Waals surface area contributed by atoms with Crippen molar-refractivity contribution in [2.24, 2.45) is 0 Å². The van der Waals surface area contributed by atoms with Crippen molar-refractivity contribution in [3.8, 4) is 0 Å². The Balaban J connectivity index is 1.96. The van der Waals surface area contributed by atoms with Crippen molar-refractivity contribution in [2.75, 3.05) is 18.0 Å². The Bertz CT molecular complexity index is 625. The Morgan fingerprint density at radius 2 is 1.81 bits per heavy atom. The summed E-state index contributed by atoms with van der Waals surface area (Å²) < 4.78 is 0.234. The average Bonchev–Trinajstić information content (AvgIpc) is 2.45. The molecule has 0 N–H and O–H groups in total. The summed E-state index contributed by atoms with van der Waals surface area (Å²) in [6, 6.07) is 8.90. The van der Waals surface area contributed by atoms with E-state index in [9.17, 15) is 0 Å². The van der Waals surface area contributed by atoms with E-state index >= 15 is 0 Å². The average molecular weight is 300 g/mol. The summed E-state index contributed by atoms with van der Waals surface area (Å²) in [6.45, 7) is 9.10. The molecule has 2 nitrogen and oxygen atoms in total. The SMILES string of the molecule is CC(C)(C)Sc1ccc2c(N3CCCCC3)ccnc2c1.